The van der Waals surface area contributed by atoms with Crippen LogP contribution in [0, 0.1) is 5.92 Å². The van der Waals surface area contributed by atoms with Gasteiger partial charge in [-0.05, 0) is 30.5 Å². The summed E-state index contributed by atoms with van der Waals surface area (Å²) in [4.78, 5) is 24.5. The van der Waals surface area contributed by atoms with E-state index in [1.54, 1.807) is 11.0 Å². The molecule has 0 radical (unpaired) electrons. The standard InChI is InChI=1S/C14H17NO4/c1-9(2)5-6-15-11-4-3-10(14(17)18)7-12(11)19-8-13(15)16/h3-4,7,9H,5-6,8H2,1-2H3,(H,17,18). The number of ether oxygens (including phenoxy) is 1. The number of hydrogen-bond acceptors (Lipinski definition) is 3. The Labute approximate surface area is 111 Å². The van der Waals surface area contributed by atoms with E-state index in [1.165, 1.54) is 12.1 Å². The summed E-state index contributed by atoms with van der Waals surface area (Å²) < 4.78 is 5.31. The maximum absolute atomic E-state index is 11.9. The van der Waals surface area contributed by atoms with E-state index >= 15 is 0 Å². The smallest absolute Gasteiger partial charge is 0.335 e. The summed E-state index contributed by atoms with van der Waals surface area (Å²) in [5.41, 5.74) is 0.818. The highest BCUT2D eigenvalue weighted by Crippen LogP contribution is 2.33. The average Bonchev–Trinajstić information content (AvgIpc) is 2.36. The molecular formula is C14H17NO4. The van der Waals surface area contributed by atoms with Crippen molar-refractivity contribution in [1.82, 2.24) is 0 Å². The second-order valence-corrected chi connectivity index (χ2v) is 5.00. The molecule has 1 aliphatic heterocycles. The van der Waals surface area contributed by atoms with E-state index in [1.807, 2.05) is 0 Å². The number of nitrogens with zero attached hydrogens (tertiary/aromatic N) is 1. The molecule has 1 aromatic carbocycles. The van der Waals surface area contributed by atoms with Crippen LogP contribution in [0.2, 0.25) is 0 Å². The summed E-state index contributed by atoms with van der Waals surface area (Å²) in [5, 5.41) is 8.94. The van der Waals surface area contributed by atoms with Crippen LogP contribution in [-0.2, 0) is 4.79 Å². The number of anilines is 1. The van der Waals surface area contributed by atoms with E-state index < -0.39 is 5.97 Å². The molecule has 0 aromatic heterocycles. The average molecular weight is 263 g/mol. The minimum absolute atomic E-state index is 0.0336. The number of carboxylic acid groups (broad SMARTS) is 1. The number of benzene rings is 1. The molecule has 1 amide bonds. The molecule has 0 fully saturated rings. The molecule has 1 N–H and O–H groups in total. The lowest BCUT2D eigenvalue weighted by Gasteiger charge is -2.30. The third kappa shape index (κ3) is 2.86. The monoisotopic (exact) mass is 263 g/mol. The van der Waals surface area contributed by atoms with Crippen LogP contribution in [0.3, 0.4) is 0 Å². The molecule has 1 aromatic rings. The van der Waals surface area contributed by atoms with Gasteiger partial charge in [0, 0.05) is 6.54 Å². The SMILES string of the molecule is CC(C)CCN1C(=O)COc2cc(C(=O)O)ccc21. The van der Waals surface area contributed by atoms with Crippen LogP contribution in [0.25, 0.3) is 0 Å². The largest absolute Gasteiger partial charge is 0.482 e. The van der Waals surface area contributed by atoms with Crippen LogP contribution in [0.1, 0.15) is 30.6 Å². The van der Waals surface area contributed by atoms with Gasteiger partial charge in [0.25, 0.3) is 5.91 Å². The third-order valence-corrected chi connectivity index (χ3v) is 3.08. The van der Waals surface area contributed by atoms with Gasteiger partial charge < -0.3 is 14.7 Å². The Morgan fingerprint density at radius 1 is 1.47 bits per heavy atom. The number of aromatic carboxylic acids is 1. The molecule has 0 saturated heterocycles. The molecule has 102 valence electrons. The van der Waals surface area contributed by atoms with Crippen molar-refractivity contribution in [2.75, 3.05) is 18.1 Å². The van der Waals surface area contributed by atoms with Gasteiger partial charge in [-0.2, -0.15) is 0 Å². The highest BCUT2D eigenvalue weighted by molar-refractivity contribution is 5.99. The molecule has 5 heteroatoms. The van der Waals surface area contributed by atoms with Gasteiger partial charge in [-0.25, -0.2) is 4.79 Å². The second-order valence-electron chi connectivity index (χ2n) is 5.00. The number of rotatable bonds is 4. The van der Waals surface area contributed by atoms with E-state index in [0.717, 1.165) is 6.42 Å². The van der Waals surface area contributed by atoms with Crippen molar-refractivity contribution in [1.29, 1.82) is 0 Å². The molecule has 0 atom stereocenters. The van der Waals surface area contributed by atoms with Crippen LogP contribution < -0.4 is 9.64 Å². The zero-order valence-corrected chi connectivity index (χ0v) is 11.0. The highest BCUT2D eigenvalue weighted by atomic mass is 16.5. The summed E-state index contributed by atoms with van der Waals surface area (Å²) >= 11 is 0. The molecule has 2 rings (SSSR count). The maximum atomic E-state index is 11.9. The first kappa shape index (κ1) is 13.4. The van der Waals surface area contributed by atoms with E-state index in [4.69, 9.17) is 9.84 Å². The summed E-state index contributed by atoms with van der Waals surface area (Å²) in [7, 11) is 0. The second kappa shape index (κ2) is 5.30. The van der Waals surface area contributed by atoms with Gasteiger partial charge in [0.1, 0.15) is 5.75 Å². The van der Waals surface area contributed by atoms with Crippen molar-refractivity contribution in [2.45, 2.75) is 20.3 Å². The number of amides is 1. The normalized spacial score (nSPS) is 14.3. The summed E-state index contributed by atoms with van der Waals surface area (Å²) in [6.45, 7) is 4.78. The number of fused-ring (bicyclic) bond motifs is 1. The fraction of sp³-hybridized carbons (Fsp3) is 0.429. The van der Waals surface area contributed by atoms with Crippen LogP contribution in [0.5, 0.6) is 5.75 Å². The quantitative estimate of drug-likeness (QED) is 0.904. The highest BCUT2D eigenvalue weighted by Gasteiger charge is 2.26. The molecule has 0 unspecified atom stereocenters. The molecule has 19 heavy (non-hydrogen) atoms. The Balaban J connectivity index is 2.28. The van der Waals surface area contributed by atoms with Crippen molar-refractivity contribution in [3.8, 4) is 5.75 Å². The van der Waals surface area contributed by atoms with Gasteiger partial charge >= 0.3 is 5.97 Å². The third-order valence-electron chi connectivity index (χ3n) is 3.08. The van der Waals surface area contributed by atoms with Crippen LogP contribution in [0.15, 0.2) is 18.2 Å². The number of carbonyl (C=O) groups excluding carboxylic acids is 1. The number of hydrogen-bond donors (Lipinski definition) is 1. The number of carbonyl (C=O) groups is 2. The number of carboxylic acids is 1. The van der Waals surface area contributed by atoms with E-state index in [9.17, 15) is 9.59 Å². The molecule has 0 aliphatic carbocycles. The van der Waals surface area contributed by atoms with Crippen LogP contribution in [0.4, 0.5) is 5.69 Å². The predicted molar refractivity (Wildman–Crippen MR) is 70.7 cm³/mol. The van der Waals surface area contributed by atoms with Crippen LogP contribution in [-0.4, -0.2) is 30.1 Å². The van der Waals surface area contributed by atoms with E-state index in [0.29, 0.717) is 23.9 Å². The van der Waals surface area contributed by atoms with Crippen molar-refractivity contribution in [3.05, 3.63) is 23.8 Å². The van der Waals surface area contributed by atoms with Gasteiger partial charge in [0.15, 0.2) is 6.61 Å². The lowest BCUT2D eigenvalue weighted by molar-refractivity contribution is -0.121. The van der Waals surface area contributed by atoms with E-state index in [2.05, 4.69) is 13.8 Å². The molecule has 0 saturated carbocycles. The Kier molecular flexibility index (Phi) is 3.74. The first-order valence-electron chi connectivity index (χ1n) is 6.29. The Morgan fingerprint density at radius 3 is 2.84 bits per heavy atom. The minimum atomic E-state index is -1.00. The first-order valence-corrected chi connectivity index (χ1v) is 6.29. The molecular weight excluding hydrogens is 246 g/mol. The van der Waals surface area contributed by atoms with Gasteiger partial charge in [0.2, 0.25) is 0 Å². The molecule has 1 heterocycles. The van der Waals surface area contributed by atoms with Gasteiger partial charge in [0.05, 0.1) is 11.3 Å². The van der Waals surface area contributed by atoms with Gasteiger partial charge in [-0.3, -0.25) is 4.79 Å². The molecule has 0 bridgehead atoms. The van der Waals surface area contributed by atoms with Gasteiger partial charge in [-0.1, -0.05) is 13.8 Å². The van der Waals surface area contributed by atoms with E-state index in [-0.39, 0.29) is 18.1 Å². The first-order chi connectivity index (χ1) is 8.99. The topological polar surface area (TPSA) is 66.8 Å². The maximum Gasteiger partial charge on any atom is 0.335 e. The summed E-state index contributed by atoms with van der Waals surface area (Å²) in [6.07, 6.45) is 0.895. The molecule has 0 spiro atoms. The Morgan fingerprint density at radius 2 is 2.21 bits per heavy atom. The fourth-order valence-electron chi connectivity index (χ4n) is 1.97. The zero-order valence-electron chi connectivity index (χ0n) is 11.0. The van der Waals surface area contributed by atoms with Crippen LogP contribution >= 0.6 is 0 Å². The Bertz CT molecular complexity index is 510. The predicted octanol–water partition coefficient (Wildman–Crippen LogP) is 2.16. The van der Waals surface area contributed by atoms with Crippen molar-refractivity contribution < 1.29 is 19.4 Å². The lowest BCUT2D eigenvalue weighted by atomic mass is 10.1. The summed E-state index contributed by atoms with van der Waals surface area (Å²) in [5.74, 6) is -0.131. The van der Waals surface area contributed by atoms with Crippen molar-refractivity contribution >= 4 is 17.6 Å². The molecule has 1 aliphatic rings. The van der Waals surface area contributed by atoms with Gasteiger partial charge in [-0.15, -0.1) is 0 Å². The molecule has 5 nitrogen and oxygen atoms in total. The van der Waals surface area contributed by atoms with Crippen molar-refractivity contribution in [3.63, 3.8) is 0 Å². The minimum Gasteiger partial charge on any atom is -0.482 e. The Hall–Kier alpha value is -2.04. The zero-order chi connectivity index (χ0) is 14.0. The van der Waals surface area contributed by atoms with Crippen molar-refractivity contribution in [2.24, 2.45) is 5.92 Å². The lowest BCUT2D eigenvalue weighted by Crippen LogP contribution is -2.39. The summed E-state index contributed by atoms with van der Waals surface area (Å²) in [6, 6.07) is 4.59. The fourth-order valence-corrected chi connectivity index (χ4v) is 1.97.